The van der Waals surface area contributed by atoms with Crippen molar-refractivity contribution in [3.63, 3.8) is 0 Å². The summed E-state index contributed by atoms with van der Waals surface area (Å²) in [5.74, 6) is 1.07. The highest BCUT2D eigenvalue weighted by atomic mass is 35.5. The highest BCUT2D eigenvalue weighted by Crippen LogP contribution is 2.31. The molecular weight excluding hydrogens is 363 g/mol. The van der Waals surface area contributed by atoms with Crippen LogP contribution in [0.4, 0.5) is 23.0 Å². The minimum atomic E-state index is 0.431. The number of hydrogen-bond acceptors (Lipinski definition) is 7. The van der Waals surface area contributed by atoms with Crippen molar-refractivity contribution in [3.8, 4) is 0 Å². The van der Waals surface area contributed by atoms with E-state index in [9.17, 15) is 0 Å². The molecule has 1 saturated heterocycles. The molecule has 0 bridgehead atoms. The summed E-state index contributed by atoms with van der Waals surface area (Å²) in [6.45, 7) is 5.09. The Hall–Kier alpha value is -1.80. The number of hydrogen-bond donors (Lipinski definition) is 3. The lowest BCUT2D eigenvalue weighted by molar-refractivity contribution is 0.0398. The maximum absolute atomic E-state index is 6.18. The molecule has 134 valence electrons. The van der Waals surface area contributed by atoms with Crippen molar-refractivity contribution in [2.24, 2.45) is 0 Å². The highest BCUT2D eigenvalue weighted by Gasteiger charge is 2.12. The Bertz CT molecular complexity index is 724. The SMILES string of the molecule is Nc1c(NCCN2CCOCC2)ncnc1Nc1cc(Cl)ccc1Cl. The van der Waals surface area contributed by atoms with Crippen LogP contribution in [0.5, 0.6) is 0 Å². The maximum atomic E-state index is 6.18. The van der Waals surface area contributed by atoms with Crippen molar-refractivity contribution in [2.45, 2.75) is 0 Å². The number of ether oxygens (including phenoxy) is 1. The number of nitrogens with two attached hydrogens (primary N) is 1. The molecule has 3 rings (SSSR count). The zero-order chi connectivity index (χ0) is 17.6. The molecule has 0 amide bonds. The normalized spacial score (nSPS) is 15.1. The Morgan fingerprint density at radius 2 is 1.92 bits per heavy atom. The Kier molecular flexibility index (Phi) is 6.14. The van der Waals surface area contributed by atoms with E-state index in [1.54, 1.807) is 18.2 Å². The van der Waals surface area contributed by atoms with Gasteiger partial charge in [0, 0.05) is 31.2 Å². The Morgan fingerprint density at radius 1 is 1.16 bits per heavy atom. The van der Waals surface area contributed by atoms with Crippen LogP contribution in [0.3, 0.4) is 0 Å². The largest absolute Gasteiger partial charge is 0.393 e. The second-order valence-electron chi connectivity index (χ2n) is 5.61. The first-order valence-corrected chi connectivity index (χ1v) is 8.75. The molecule has 4 N–H and O–H groups in total. The number of rotatable bonds is 6. The molecule has 0 unspecified atom stereocenters. The fraction of sp³-hybridized carbons (Fsp3) is 0.375. The van der Waals surface area contributed by atoms with E-state index in [1.807, 2.05) is 0 Å². The smallest absolute Gasteiger partial charge is 0.159 e. The van der Waals surface area contributed by atoms with E-state index >= 15 is 0 Å². The minimum Gasteiger partial charge on any atom is -0.393 e. The molecule has 2 aromatic rings. The van der Waals surface area contributed by atoms with Gasteiger partial charge in [-0.2, -0.15) is 0 Å². The zero-order valence-corrected chi connectivity index (χ0v) is 15.1. The van der Waals surface area contributed by atoms with Crippen LogP contribution in [0, 0.1) is 0 Å². The molecule has 0 spiro atoms. The molecule has 9 heteroatoms. The summed E-state index contributed by atoms with van der Waals surface area (Å²) >= 11 is 12.2. The number of halogens is 2. The average molecular weight is 383 g/mol. The summed E-state index contributed by atoms with van der Waals surface area (Å²) in [6, 6.07) is 5.15. The Balaban J connectivity index is 1.64. The number of nitrogens with zero attached hydrogens (tertiary/aromatic N) is 3. The van der Waals surface area contributed by atoms with Crippen LogP contribution in [0.15, 0.2) is 24.5 Å². The number of morpholine rings is 1. The lowest BCUT2D eigenvalue weighted by atomic mass is 10.3. The van der Waals surface area contributed by atoms with Crippen LogP contribution in [0.25, 0.3) is 0 Å². The minimum absolute atomic E-state index is 0.431. The van der Waals surface area contributed by atoms with Gasteiger partial charge in [0.2, 0.25) is 0 Å². The van der Waals surface area contributed by atoms with E-state index in [-0.39, 0.29) is 0 Å². The molecule has 25 heavy (non-hydrogen) atoms. The molecular formula is C16H20Cl2N6O. The summed E-state index contributed by atoms with van der Waals surface area (Å²) in [5, 5.41) is 7.46. The summed E-state index contributed by atoms with van der Waals surface area (Å²) < 4.78 is 5.34. The summed E-state index contributed by atoms with van der Waals surface area (Å²) in [4.78, 5) is 10.7. The third-order valence-corrected chi connectivity index (χ3v) is 4.45. The highest BCUT2D eigenvalue weighted by molar-refractivity contribution is 6.35. The zero-order valence-electron chi connectivity index (χ0n) is 13.6. The molecule has 7 nitrogen and oxygen atoms in total. The Labute approximate surface area is 156 Å². The second kappa shape index (κ2) is 8.53. The van der Waals surface area contributed by atoms with Crippen molar-refractivity contribution in [1.82, 2.24) is 14.9 Å². The van der Waals surface area contributed by atoms with Crippen molar-refractivity contribution in [2.75, 3.05) is 55.8 Å². The first-order chi connectivity index (χ1) is 12.1. The average Bonchev–Trinajstić information content (AvgIpc) is 2.62. The quantitative estimate of drug-likeness (QED) is 0.707. The summed E-state index contributed by atoms with van der Waals surface area (Å²) in [5.41, 5.74) is 7.25. The van der Waals surface area contributed by atoms with Gasteiger partial charge in [-0.05, 0) is 18.2 Å². The van der Waals surface area contributed by atoms with Gasteiger partial charge in [-0.1, -0.05) is 23.2 Å². The van der Waals surface area contributed by atoms with Gasteiger partial charge in [0.1, 0.15) is 12.0 Å². The molecule has 0 aliphatic carbocycles. The molecule has 1 aliphatic heterocycles. The molecule has 2 heterocycles. The third kappa shape index (κ3) is 4.85. The predicted molar refractivity (Wildman–Crippen MR) is 102 cm³/mol. The van der Waals surface area contributed by atoms with Crippen LogP contribution >= 0.6 is 23.2 Å². The molecule has 0 saturated carbocycles. The van der Waals surface area contributed by atoms with Gasteiger partial charge in [0.25, 0.3) is 0 Å². The van der Waals surface area contributed by atoms with Crippen molar-refractivity contribution < 1.29 is 4.74 Å². The van der Waals surface area contributed by atoms with Crippen LogP contribution in [0.1, 0.15) is 0 Å². The molecule has 1 aliphatic rings. The Morgan fingerprint density at radius 3 is 2.72 bits per heavy atom. The lowest BCUT2D eigenvalue weighted by Gasteiger charge is -2.26. The number of anilines is 4. The monoisotopic (exact) mass is 382 g/mol. The number of nitrogens with one attached hydrogen (secondary N) is 2. The van der Waals surface area contributed by atoms with Gasteiger partial charge >= 0.3 is 0 Å². The predicted octanol–water partition coefficient (Wildman–Crippen LogP) is 2.85. The van der Waals surface area contributed by atoms with Crippen molar-refractivity contribution in [3.05, 3.63) is 34.6 Å². The van der Waals surface area contributed by atoms with Crippen LogP contribution in [-0.4, -0.2) is 54.3 Å². The fourth-order valence-electron chi connectivity index (χ4n) is 2.51. The molecule has 1 aromatic heterocycles. The standard InChI is InChI=1S/C16H20Cl2N6O/c17-11-1-2-12(18)13(9-11)23-16-14(19)15(21-10-22-16)20-3-4-24-5-7-25-8-6-24/h1-2,9-10H,3-8,19H2,(H2,20,21,22,23). The topological polar surface area (TPSA) is 88.3 Å². The van der Waals surface area contributed by atoms with E-state index < -0.39 is 0 Å². The van der Waals surface area contributed by atoms with E-state index in [0.29, 0.717) is 33.1 Å². The maximum Gasteiger partial charge on any atom is 0.159 e. The van der Waals surface area contributed by atoms with Crippen molar-refractivity contribution >= 4 is 46.2 Å². The summed E-state index contributed by atoms with van der Waals surface area (Å²) in [7, 11) is 0. The van der Waals surface area contributed by atoms with Gasteiger partial charge in [-0.25, -0.2) is 9.97 Å². The third-order valence-electron chi connectivity index (χ3n) is 3.89. The van der Waals surface area contributed by atoms with Gasteiger partial charge in [-0.15, -0.1) is 0 Å². The first kappa shape index (κ1) is 18.0. The molecule has 0 atom stereocenters. The van der Waals surface area contributed by atoms with Crippen LogP contribution in [0.2, 0.25) is 10.0 Å². The molecule has 1 fully saturated rings. The number of benzene rings is 1. The van der Waals surface area contributed by atoms with E-state index in [2.05, 4.69) is 25.5 Å². The van der Waals surface area contributed by atoms with E-state index in [0.717, 1.165) is 39.4 Å². The van der Waals surface area contributed by atoms with Gasteiger partial charge in [-0.3, -0.25) is 4.90 Å². The first-order valence-electron chi connectivity index (χ1n) is 8.00. The van der Waals surface area contributed by atoms with E-state index in [4.69, 9.17) is 33.7 Å². The number of nitrogen functional groups attached to an aromatic ring is 1. The van der Waals surface area contributed by atoms with Crippen LogP contribution < -0.4 is 16.4 Å². The fourth-order valence-corrected chi connectivity index (χ4v) is 2.85. The van der Waals surface area contributed by atoms with E-state index in [1.165, 1.54) is 6.33 Å². The summed E-state index contributed by atoms with van der Waals surface area (Å²) in [6.07, 6.45) is 1.45. The van der Waals surface area contributed by atoms with Crippen molar-refractivity contribution in [1.29, 1.82) is 0 Å². The van der Waals surface area contributed by atoms with Gasteiger partial charge in [0.05, 0.1) is 23.9 Å². The van der Waals surface area contributed by atoms with Gasteiger partial charge < -0.3 is 21.1 Å². The molecule has 1 aromatic carbocycles. The molecule has 0 radical (unpaired) electrons. The lowest BCUT2D eigenvalue weighted by Crippen LogP contribution is -2.39. The van der Waals surface area contributed by atoms with Gasteiger partial charge in [0.15, 0.2) is 11.6 Å². The van der Waals surface area contributed by atoms with Crippen LogP contribution in [-0.2, 0) is 4.74 Å². The second-order valence-corrected chi connectivity index (χ2v) is 6.46. The number of aromatic nitrogens is 2.